The molecule has 3 rings (SSSR count). The first-order chi connectivity index (χ1) is 9.65. The highest BCUT2D eigenvalue weighted by molar-refractivity contribution is 5.68. The van der Waals surface area contributed by atoms with Gasteiger partial charge in [-0.1, -0.05) is 18.2 Å². The van der Waals surface area contributed by atoms with Crippen molar-refractivity contribution in [2.75, 3.05) is 0 Å². The minimum absolute atomic E-state index is 0.0731. The Labute approximate surface area is 118 Å². The Morgan fingerprint density at radius 3 is 2.90 bits per heavy atom. The van der Waals surface area contributed by atoms with Crippen LogP contribution in [0.25, 0.3) is 0 Å². The van der Waals surface area contributed by atoms with Gasteiger partial charge in [0.2, 0.25) is 0 Å². The van der Waals surface area contributed by atoms with Gasteiger partial charge in [0.15, 0.2) is 0 Å². The molecule has 1 aliphatic carbocycles. The Morgan fingerprint density at radius 1 is 1.40 bits per heavy atom. The maximum atomic E-state index is 11.2. The van der Waals surface area contributed by atoms with E-state index in [1.165, 1.54) is 17.5 Å². The van der Waals surface area contributed by atoms with E-state index in [0.717, 1.165) is 24.2 Å². The molecule has 4 nitrogen and oxygen atoms in total. The van der Waals surface area contributed by atoms with E-state index in [1.54, 1.807) is 6.20 Å². The summed E-state index contributed by atoms with van der Waals surface area (Å²) in [5.74, 6) is -0.165. The molecule has 0 fully saturated rings. The van der Waals surface area contributed by atoms with Crippen LogP contribution < -0.4 is 0 Å². The second-order valence-electron chi connectivity index (χ2n) is 5.43. The van der Waals surface area contributed by atoms with Crippen LogP contribution in [0.1, 0.15) is 41.3 Å². The van der Waals surface area contributed by atoms with E-state index in [4.69, 9.17) is 0 Å². The zero-order chi connectivity index (χ0) is 14.1. The lowest BCUT2D eigenvalue weighted by molar-refractivity contribution is -0.137. The molecule has 0 radical (unpaired) electrons. The van der Waals surface area contributed by atoms with Gasteiger partial charge in [-0.05, 0) is 36.0 Å². The predicted molar refractivity (Wildman–Crippen MR) is 75.8 cm³/mol. The van der Waals surface area contributed by atoms with E-state index in [0.29, 0.717) is 0 Å². The molecule has 1 atom stereocenters. The molecular weight excluding hydrogens is 252 g/mol. The number of fused-ring (bicyclic) bond motifs is 1. The van der Waals surface area contributed by atoms with E-state index < -0.39 is 5.97 Å². The molecule has 2 aromatic rings. The highest BCUT2D eigenvalue weighted by atomic mass is 16.4. The normalized spacial score (nSPS) is 15.1. The Bertz CT molecular complexity index is 646. The number of carboxylic acids is 1. The summed E-state index contributed by atoms with van der Waals surface area (Å²) in [6, 6.07) is 6.38. The first kappa shape index (κ1) is 12.9. The summed E-state index contributed by atoms with van der Waals surface area (Å²) in [5.41, 5.74) is 3.83. The number of rotatable bonds is 4. The fraction of sp³-hybridized carbons (Fsp3) is 0.375. The molecule has 1 N–H and O–H groups in total. The van der Waals surface area contributed by atoms with Gasteiger partial charge in [-0.15, -0.1) is 0 Å². The number of aryl methyl sites for hydroxylation is 3. The van der Waals surface area contributed by atoms with Gasteiger partial charge in [0.1, 0.15) is 5.82 Å². The monoisotopic (exact) mass is 270 g/mol. The van der Waals surface area contributed by atoms with E-state index in [9.17, 15) is 9.90 Å². The minimum Gasteiger partial charge on any atom is -0.481 e. The molecule has 1 aromatic heterocycles. The molecule has 0 bridgehead atoms. The van der Waals surface area contributed by atoms with Crippen molar-refractivity contribution in [2.24, 2.45) is 7.05 Å². The second kappa shape index (κ2) is 5.12. The van der Waals surface area contributed by atoms with E-state index in [-0.39, 0.29) is 12.3 Å². The number of imidazole rings is 1. The molecule has 1 aromatic carbocycles. The lowest BCUT2D eigenvalue weighted by Gasteiger charge is -2.16. The standard InChI is InChI=1S/C16H18N2O2/c1-18-8-7-17-16(18)14(10-15(19)20)13-6-5-11-3-2-4-12(11)9-13/h5-9,14H,2-4,10H2,1H3,(H,19,20). The number of hydrogen-bond donors (Lipinski definition) is 1. The average Bonchev–Trinajstić information content (AvgIpc) is 3.03. The Balaban J connectivity index is 2.01. The first-order valence-corrected chi connectivity index (χ1v) is 6.96. The number of aliphatic carboxylic acids is 1. The van der Waals surface area contributed by atoms with Crippen molar-refractivity contribution >= 4 is 5.97 Å². The van der Waals surface area contributed by atoms with Crippen LogP contribution in [0.2, 0.25) is 0 Å². The summed E-state index contributed by atoms with van der Waals surface area (Å²) in [7, 11) is 1.91. The van der Waals surface area contributed by atoms with Crippen LogP contribution in [-0.2, 0) is 24.7 Å². The van der Waals surface area contributed by atoms with E-state index >= 15 is 0 Å². The molecule has 0 aliphatic heterocycles. The molecule has 1 heterocycles. The molecule has 0 saturated heterocycles. The quantitative estimate of drug-likeness (QED) is 0.928. The van der Waals surface area contributed by atoms with Crippen LogP contribution in [0.15, 0.2) is 30.6 Å². The van der Waals surface area contributed by atoms with Crippen molar-refractivity contribution in [3.8, 4) is 0 Å². The first-order valence-electron chi connectivity index (χ1n) is 6.96. The number of nitrogens with zero attached hydrogens (tertiary/aromatic N) is 2. The average molecular weight is 270 g/mol. The van der Waals surface area contributed by atoms with Crippen LogP contribution >= 0.6 is 0 Å². The molecule has 0 amide bonds. The Kier molecular flexibility index (Phi) is 3.30. The van der Waals surface area contributed by atoms with Crippen LogP contribution in [-0.4, -0.2) is 20.6 Å². The zero-order valence-electron chi connectivity index (χ0n) is 11.5. The van der Waals surface area contributed by atoms with Gasteiger partial charge in [-0.3, -0.25) is 4.79 Å². The molecule has 104 valence electrons. The summed E-state index contributed by atoms with van der Waals surface area (Å²) in [4.78, 5) is 15.5. The van der Waals surface area contributed by atoms with Crippen molar-refractivity contribution in [1.29, 1.82) is 0 Å². The Morgan fingerprint density at radius 2 is 2.20 bits per heavy atom. The molecule has 0 saturated carbocycles. The van der Waals surface area contributed by atoms with Crippen molar-refractivity contribution in [2.45, 2.75) is 31.6 Å². The second-order valence-corrected chi connectivity index (χ2v) is 5.43. The maximum Gasteiger partial charge on any atom is 0.304 e. The SMILES string of the molecule is Cn1ccnc1C(CC(=O)O)c1ccc2c(c1)CCC2. The molecule has 1 aliphatic rings. The molecular formula is C16H18N2O2. The van der Waals surface area contributed by atoms with Crippen LogP contribution in [0.3, 0.4) is 0 Å². The van der Waals surface area contributed by atoms with Crippen molar-refractivity contribution in [1.82, 2.24) is 9.55 Å². The van der Waals surface area contributed by atoms with Crippen molar-refractivity contribution in [3.05, 3.63) is 53.1 Å². The highest BCUT2D eigenvalue weighted by Gasteiger charge is 2.23. The Hall–Kier alpha value is -2.10. The molecule has 0 spiro atoms. The third-order valence-corrected chi connectivity index (χ3v) is 4.07. The van der Waals surface area contributed by atoms with Gasteiger partial charge >= 0.3 is 5.97 Å². The summed E-state index contributed by atoms with van der Waals surface area (Å²) in [6.07, 6.45) is 7.09. The zero-order valence-corrected chi connectivity index (χ0v) is 11.5. The number of carbonyl (C=O) groups is 1. The predicted octanol–water partition coefficient (Wildman–Crippen LogP) is 2.52. The van der Waals surface area contributed by atoms with Gasteiger partial charge in [-0.2, -0.15) is 0 Å². The number of hydrogen-bond acceptors (Lipinski definition) is 2. The fourth-order valence-corrected chi connectivity index (χ4v) is 3.05. The van der Waals surface area contributed by atoms with Crippen LogP contribution in [0, 0.1) is 0 Å². The minimum atomic E-state index is -0.793. The topological polar surface area (TPSA) is 55.1 Å². The molecule has 20 heavy (non-hydrogen) atoms. The van der Waals surface area contributed by atoms with E-state index in [1.807, 2.05) is 17.8 Å². The molecule has 1 unspecified atom stereocenters. The highest BCUT2D eigenvalue weighted by Crippen LogP contribution is 2.31. The summed E-state index contributed by atoms with van der Waals surface area (Å²) < 4.78 is 1.90. The van der Waals surface area contributed by atoms with Gasteiger partial charge in [0.25, 0.3) is 0 Å². The lowest BCUT2D eigenvalue weighted by Crippen LogP contribution is -2.13. The van der Waals surface area contributed by atoms with Crippen LogP contribution in [0.5, 0.6) is 0 Å². The van der Waals surface area contributed by atoms with Crippen molar-refractivity contribution < 1.29 is 9.90 Å². The third-order valence-electron chi connectivity index (χ3n) is 4.07. The van der Waals surface area contributed by atoms with Crippen LogP contribution in [0.4, 0.5) is 0 Å². The molecule has 4 heteroatoms. The summed E-state index contributed by atoms with van der Waals surface area (Å²) >= 11 is 0. The number of benzene rings is 1. The number of carboxylic acid groups (broad SMARTS) is 1. The van der Waals surface area contributed by atoms with Gasteiger partial charge < -0.3 is 9.67 Å². The van der Waals surface area contributed by atoms with Gasteiger partial charge in [0, 0.05) is 19.4 Å². The van der Waals surface area contributed by atoms with E-state index in [2.05, 4.69) is 23.2 Å². The summed E-state index contributed by atoms with van der Waals surface area (Å²) in [6.45, 7) is 0. The third kappa shape index (κ3) is 2.33. The largest absolute Gasteiger partial charge is 0.481 e. The summed E-state index contributed by atoms with van der Waals surface area (Å²) in [5, 5.41) is 9.19. The number of aromatic nitrogens is 2. The van der Waals surface area contributed by atoms with Gasteiger partial charge in [-0.25, -0.2) is 4.98 Å². The van der Waals surface area contributed by atoms with Crippen molar-refractivity contribution in [3.63, 3.8) is 0 Å². The fourth-order valence-electron chi connectivity index (χ4n) is 3.05. The lowest BCUT2D eigenvalue weighted by atomic mass is 9.92. The smallest absolute Gasteiger partial charge is 0.304 e. The maximum absolute atomic E-state index is 11.2. The van der Waals surface area contributed by atoms with Gasteiger partial charge in [0.05, 0.1) is 12.3 Å².